The van der Waals surface area contributed by atoms with E-state index < -0.39 is 0 Å². The van der Waals surface area contributed by atoms with Gasteiger partial charge >= 0.3 is 5.69 Å². The van der Waals surface area contributed by atoms with E-state index >= 15 is 0 Å². The van der Waals surface area contributed by atoms with Crippen molar-refractivity contribution in [1.29, 1.82) is 5.39 Å². The Morgan fingerprint density at radius 3 is 2.44 bits per heavy atom. The standard InChI is InChI=1S/C15H12N3/c1-9-3-5-14-12(7-9)10(2)13-8-11(18-16)4-6-15(13)17-14/h3-8,17H,2H2,1H3/q+1. The van der Waals surface area contributed by atoms with Gasteiger partial charge in [0.2, 0.25) is 5.39 Å². The number of nitrogens with one attached hydrogen (secondary N) is 1. The van der Waals surface area contributed by atoms with Gasteiger partial charge in [0.05, 0.1) is 0 Å². The number of benzene rings is 2. The summed E-state index contributed by atoms with van der Waals surface area (Å²) in [6.07, 6.45) is 0. The SMILES string of the molecule is C=C1c2cc(C)ccc2Nc2ccc([N+]#N)cc21. The van der Waals surface area contributed by atoms with Crippen molar-refractivity contribution in [3.8, 4) is 0 Å². The normalized spacial score (nSPS) is 12.1. The number of rotatable bonds is 0. The van der Waals surface area contributed by atoms with Crippen LogP contribution < -0.4 is 5.32 Å². The molecule has 0 aromatic heterocycles. The minimum atomic E-state index is 0.535. The molecule has 0 radical (unpaired) electrons. The molecule has 18 heavy (non-hydrogen) atoms. The zero-order valence-electron chi connectivity index (χ0n) is 10.1. The van der Waals surface area contributed by atoms with Crippen LogP contribution in [-0.2, 0) is 0 Å². The summed E-state index contributed by atoms with van der Waals surface area (Å²) in [6, 6.07) is 11.7. The molecule has 0 saturated carbocycles. The van der Waals surface area contributed by atoms with Gasteiger partial charge in [-0.3, -0.25) is 0 Å². The quantitative estimate of drug-likeness (QED) is 0.577. The molecule has 86 valence electrons. The number of fused-ring (bicyclic) bond motifs is 2. The lowest BCUT2D eigenvalue weighted by Crippen LogP contribution is -2.05. The van der Waals surface area contributed by atoms with Crippen LogP contribution in [0.3, 0.4) is 0 Å². The molecule has 0 amide bonds. The van der Waals surface area contributed by atoms with Gasteiger partial charge in [0.25, 0.3) is 0 Å². The van der Waals surface area contributed by atoms with Crippen LogP contribution in [0.4, 0.5) is 17.1 Å². The van der Waals surface area contributed by atoms with Crippen molar-refractivity contribution in [2.75, 3.05) is 5.32 Å². The largest absolute Gasteiger partial charge is 0.385 e. The average molecular weight is 234 g/mol. The first-order valence-electron chi connectivity index (χ1n) is 5.75. The second kappa shape index (κ2) is 3.71. The Hall–Kier alpha value is -2.60. The summed E-state index contributed by atoms with van der Waals surface area (Å²) in [4.78, 5) is 3.22. The summed E-state index contributed by atoms with van der Waals surface area (Å²) in [5.74, 6) is 0. The van der Waals surface area contributed by atoms with Gasteiger partial charge in [-0.05, 0) is 30.7 Å². The Kier molecular flexibility index (Phi) is 2.17. The third-order valence-electron chi connectivity index (χ3n) is 3.21. The van der Waals surface area contributed by atoms with E-state index in [1.807, 2.05) is 12.1 Å². The Morgan fingerprint density at radius 1 is 1.06 bits per heavy atom. The summed E-state index contributed by atoms with van der Waals surface area (Å²) < 4.78 is 0. The van der Waals surface area contributed by atoms with E-state index in [0.717, 1.165) is 28.1 Å². The molecule has 0 unspecified atom stereocenters. The monoisotopic (exact) mass is 234 g/mol. The van der Waals surface area contributed by atoms with Crippen LogP contribution in [0.1, 0.15) is 16.7 Å². The summed E-state index contributed by atoms with van der Waals surface area (Å²) >= 11 is 0. The summed E-state index contributed by atoms with van der Waals surface area (Å²) in [5.41, 5.74) is 6.81. The Morgan fingerprint density at radius 2 is 1.72 bits per heavy atom. The Balaban J connectivity index is 2.20. The summed E-state index contributed by atoms with van der Waals surface area (Å²) in [6.45, 7) is 6.21. The number of hydrogen-bond donors (Lipinski definition) is 1. The molecule has 0 spiro atoms. The van der Waals surface area contributed by atoms with Gasteiger partial charge in [0.1, 0.15) is 0 Å². The maximum Gasteiger partial charge on any atom is 0.385 e. The fourth-order valence-corrected chi connectivity index (χ4v) is 2.26. The molecule has 2 aromatic carbocycles. The molecule has 1 N–H and O–H groups in total. The van der Waals surface area contributed by atoms with E-state index in [1.165, 1.54) is 5.56 Å². The maximum atomic E-state index is 8.84. The molecular weight excluding hydrogens is 222 g/mol. The smallest absolute Gasteiger partial charge is 0.355 e. The molecule has 3 rings (SSSR count). The molecule has 2 aromatic rings. The van der Waals surface area contributed by atoms with Crippen molar-refractivity contribution < 1.29 is 0 Å². The third-order valence-corrected chi connectivity index (χ3v) is 3.21. The van der Waals surface area contributed by atoms with Crippen LogP contribution in [0.15, 0.2) is 43.0 Å². The lowest BCUT2D eigenvalue weighted by Gasteiger charge is -2.23. The van der Waals surface area contributed by atoms with Crippen LogP contribution in [0.25, 0.3) is 10.5 Å². The molecular formula is C15H12N3+. The zero-order chi connectivity index (χ0) is 12.7. The number of anilines is 2. The average Bonchev–Trinajstić information content (AvgIpc) is 2.40. The molecule has 3 heteroatoms. The van der Waals surface area contributed by atoms with E-state index in [2.05, 4.69) is 42.0 Å². The first-order valence-corrected chi connectivity index (χ1v) is 5.75. The van der Waals surface area contributed by atoms with Crippen molar-refractivity contribution in [3.63, 3.8) is 0 Å². The summed E-state index contributed by atoms with van der Waals surface area (Å²) in [7, 11) is 0. The number of diazo groups is 1. The molecule has 0 bridgehead atoms. The fraction of sp³-hybridized carbons (Fsp3) is 0.0667. The van der Waals surface area contributed by atoms with E-state index in [9.17, 15) is 0 Å². The van der Waals surface area contributed by atoms with E-state index in [0.29, 0.717) is 5.69 Å². The van der Waals surface area contributed by atoms with Gasteiger partial charge in [-0.15, -0.1) is 0 Å². The second-order valence-electron chi connectivity index (χ2n) is 4.48. The first-order chi connectivity index (χ1) is 8.69. The highest BCUT2D eigenvalue weighted by Gasteiger charge is 2.21. The van der Waals surface area contributed by atoms with Crippen LogP contribution in [0.2, 0.25) is 0 Å². The maximum absolute atomic E-state index is 8.84. The van der Waals surface area contributed by atoms with Gasteiger partial charge in [0.15, 0.2) is 4.98 Å². The van der Waals surface area contributed by atoms with Crippen molar-refractivity contribution in [2.24, 2.45) is 0 Å². The predicted octanol–water partition coefficient (Wildman–Crippen LogP) is 4.60. The minimum absolute atomic E-state index is 0.535. The lowest BCUT2D eigenvalue weighted by atomic mass is 9.91. The third kappa shape index (κ3) is 1.47. The highest BCUT2D eigenvalue weighted by Crippen LogP contribution is 2.41. The minimum Gasteiger partial charge on any atom is -0.355 e. The van der Waals surface area contributed by atoms with Crippen LogP contribution in [0, 0.1) is 12.3 Å². The molecule has 0 aliphatic carbocycles. The van der Waals surface area contributed by atoms with Crippen molar-refractivity contribution in [1.82, 2.24) is 0 Å². The summed E-state index contributed by atoms with van der Waals surface area (Å²) in [5, 5.41) is 12.2. The number of nitrogens with zero attached hydrogens (tertiary/aromatic N) is 2. The highest BCUT2D eigenvalue weighted by atomic mass is 14.9. The van der Waals surface area contributed by atoms with Gasteiger partial charge < -0.3 is 5.32 Å². The van der Waals surface area contributed by atoms with Crippen LogP contribution in [0.5, 0.6) is 0 Å². The van der Waals surface area contributed by atoms with Gasteiger partial charge in [-0.1, -0.05) is 18.2 Å². The van der Waals surface area contributed by atoms with Gasteiger partial charge in [0, 0.05) is 34.6 Å². The highest BCUT2D eigenvalue weighted by molar-refractivity contribution is 5.97. The molecule has 1 aliphatic heterocycles. The van der Waals surface area contributed by atoms with E-state index in [4.69, 9.17) is 5.39 Å². The van der Waals surface area contributed by atoms with Gasteiger partial charge in [-0.25, -0.2) is 0 Å². The molecule has 1 heterocycles. The zero-order valence-corrected chi connectivity index (χ0v) is 10.1. The number of hydrogen-bond acceptors (Lipinski definition) is 2. The van der Waals surface area contributed by atoms with E-state index in [1.54, 1.807) is 6.07 Å². The first kappa shape index (κ1) is 10.5. The fourth-order valence-electron chi connectivity index (χ4n) is 2.26. The van der Waals surface area contributed by atoms with Crippen molar-refractivity contribution >= 4 is 22.6 Å². The molecule has 3 nitrogen and oxygen atoms in total. The lowest BCUT2D eigenvalue weighted by molar-refractivity contribution is 1.39. The van der Waals surface area contributed by atoms with Crippen molar-refractivity contribution in [3.05, 3.63) is 64.6 Å². The molecule has 0 fully saturated rings. The predicted molar refractivity (Wildman–Crippen MR) is 73.8 cm³/mol. The topological polar surface area (TPSA) is 40.2 Å². The van der Waals surface area contributed by atoms with Crippen molar-refractivity contribution in [2.45, 2.75) is 6.92 Å². The van der Waals surface area contributed by atoms with Crippen LogP contribution >= 0.6 is 0 Å². The number of aryl methyl sites for hydroxylation is 1. The molecule has 0 saturated heterocycles. The Labute approximate surface area is 105 Å². The molecule has 0 atom stereocenters. The van der Waals surface area contributed by atoms with Gasteiger partial charge in [-0.2, -0.15) is 0 Å². The van der Waals surface area contributed by atoms with E-state index in [-0.39, 0.29) is 0 Å². The van der Waals surface area contributed by atoms with Crippen LogP contribution in [-0.4, -0.2) is 0 Å². The molecule has 1 aliphatic rings. The Bertz CT molecular complexity index is 708. The second-order valence-corrected chi connectivity index (χ2v) is 4.48.